The normalized spacial score (nSPS) is 27.9. The molecule has 0 aliphatic carbocycles. The summed E-state index contributed by atoms with van der Waals surface area (Å²) in [5, 5.41) is 45.6. The largest absolute Gasteiger partial charge is 0.481 e. The van der Waals surface area contributed by atoms with E-state index >= 15 is 0 Å². The van der Waals surface area contributed by atoms with Crippen LogP contribution in [0.15, 0.2) is 83.2 Å². The van der Waals surface area contributed by atoms with Crippen molar-refractivity contribution in [2.24, 2.45) is 0 Å². The molecule has 0 aromatic rings. The molecule has 5 N–H and O–H groups in total. The summed E-state index contributed by atoms with van der Waals surface area (Å²) in [6.45, 7) is 50.3. The number of aliphatic carboxylic acids is 1. The van der Waals surface area contributed by atoms with E-state index < -0.39 is 92.5 Å². The Morgan fingerprint density at radius 2 is 0.673 bits per heavy atom. The van der Waals surface area contributed by atoms with Gasteiger partial charge in [0, 0.05) is 91.5 Å². The molecular formula is C77H119N5O25Si3. The van der Waals surface area contributed by atoms with Crippen LogP contribution < -0.4 is 0 Å². The van der Waals surface area contributed by atoms with Crippen molar-refractivity contribution in [3.8, 4) is 0 Å². The summed E-state index contributed by atoms with van der Waals surface area (Å²) in [6, 6.07) is 0. The van der Waals surface area contributed by atoms with Crippen molar-refractivity contribution in [2.75, 3.05) is 33.0 Å². The summed E-state index contributed by atoms with van der Waals surface area (Å²) in [5.74, 6) is -3.12. The standard InChI is InChI=1S/C18H29NO4Si.C17H29NO5Si.C17H27NO5Si.C12H15NO4.C11H15NO5.C2H4O2/c1-12-8-17(19-10-13(2)14(20)9-16(19)21)23-15(12)11-22-24(6,7)18(3,4)5;2*1-11-9-18(15(21)7-12(11)19)16-8-13(20)14(23-16)10-22-24(5,6)17(2,3)4;1-7-3-12(17-10(7)6-14)13-5-8(2)9(15)4-11(13)16;1-6-4-12(10(16)2-7(6)14)11-3-8(15)9(5-13)17-11;1-2(3)4/h10,15,17H,1,8-9,11H2,2-7H3;9,13-14,16,20H,7-8,10H2,1-6H3;9,14,16H,7-8,10H2,1-6H3;5,10,12,14H,1,3-4,6H2,2H3;4,8-9,11,13,15H,2-3,5H2,1H3;1H3,(H,3,4)/t15-,17-;13-,14+,16+;14-,16-;10-,12-;8-,9+,11+;/m01001./s1. The zero-order valence-electron chi connectivity index (χ0n) is 68.0. The highest BCUT2D eigenvalue weighted by atomic mass is 28.4. The second-order valence-electron chi connectivity index (χ2n) is 33.7. The van der Waals surface area contributed by atoms with Crippen LogP contribution in [0, 0.1) is 0 Å². The average molecular weight is 1600 g/mol. The summed E-state index contributed by atoms with van der Waals surface area (Å²) in [7, 11) is -5.75. The van der Waals surface area contributed by atoms with Crippen LogP contribution in [0.4, 0.5) is 0 Å². The van der Waals surface area contributed by atoms with Crippen LogP contribution in [0.25, 0.3) is 0 Å². The highest BCUT2D eigenvalue weighted by molar-refractivity contribution is 6.75. The quantitative estimate of drug-likeness (QED) is 0.0564. The molecule has 0 bridgehead atoms. The van der Waals surface area contributed by atoms with Gasteiger partial charge in [-0.3, -0.25) is 82.0 Å². The maximum atomic E-state index is 12.2. The fourth-order valence-corrected chi connectivity index (χ4v) is 14.4. The lowest BCUT2D eigenvalue weighted by atomic mass is 10.1. The molecule has 10 heterocycles. The molecular weight excluding hydrogens is 1480 g/mol. The first-order valence-electron chi connectivity index (χ1n) is 37.0. The van der Waals surface area contributed by atoms with Crippen LogP contribution in [0.5, 0.6) is 0 Å². The van der Waals surface area contributed by atoms with E-state index in [9.17, 15) is 63.0 Å². The van der Waals surface area contributed by atoms with Gasteiger partial charge in [-0.05, 0) is 100 Å². The molecule has 10 rings (SSSR count). The second kappa shape index (κ2) is 38.3. The van der Waals surface area contributed by atoms with Gasteiger partial charge < -0.3 is 62.5 Å². The smallest absolute Gasteiger partial charge is 0.300 e. The minimum Gasteiger partial charge on any atom is -0.481 e. The van der Waals surface area contributed by atoms with Crippen molar-refractivity contribution in [3.63, 3.8) is 0 Å². The molecule has 0 spiro atoms. The van der Waals surface area contributed by atoms with Crippen LogP contribution in [0.3, 0.4) is 0 Å². The Bertz CT molecular complexity index is 3580. The molecule has 0 saturated carbocycles. The van der Waals surface area contributed by atoms with E-state index in [0.29, 0.717) is 60.3 Å². The third kappa shape index (κ3) is 24.8. The van der Waals surface area contributed by atoms with Crippen LogP contribution in [-0.4, -0.2) is 252 Å². The van der Waals surface area contributed by atoms with E-state index in [0.717, 1.165) is 18.1 Å². The van der Waals surface area contributed by atoms with E-state index in [1.54, 1.807) is 40.8 Å². The van der Waals surface area contributed by atoms with E-state index in [1.807, 2.05) is 0 Å². The number of carbonyl (C=O) groups excluding carboxylic acids is 11. The number of ketones is 6. The van der Waals surface area contributed by atoms with Gasteiger partial charge in [-0.1, -0.05) is 75.5 Å². The number of rotatable bonds is 16. The first-order valence-corrected chi connectivity index (χ1v) is 45.8. The van der Waals surface area contributed by atoms with Gasteiger partial charge in [-0.15, -0.1) is 0 Å². The van der Waals surface area contributed by atoms with Gasteiger partial charge >= 0.3 is 0 Å². The Labute approximate surface area is 649 Å². The number of carboxylic acids is 1. The highest BCUT2D eigenvalue weighted by Crippen LogP contribution is 2.41. The van der Waals surface area contributed by atoms with Crippen LogP contribution in [-0.2, 0) is 94.5 Å². The topological polar surface area (TPSA) is 396 Å². The molecule has 110 heavy (non-hydrogen) atoms. The van der Waals surface area contributed by atoms with Gasteiger partial charge in [0.15, 0.2) is 59.7 Å². The molecule has 5 amide bonds. The lowest BCUT2D eigenvalue weighted by molar-refractivity contribution is -0.146. The third-order valence-corrected chi connectivity index (χ3v) is 35.4. The summed E-state index contributed by atoms with van der Waals surface area (Å²) < 4.78 is 47.0. The number of hydrogen-bond acceptors (Lipinski definition) is 24. The molecule has 5 saturated heterocycles. The first kappa shape index (κ1) is 93.8. The Balaban J connectivity index is 0.000000245. The van der Waals surface area contributed by atoms with Gasteiger partial charge in [0.2, 0.25) is 29.5 Å². The van der Waals surface area contributed by atoms with Gasteiger partial charge in [0.1, 0.15) is 61.7 Å². The minimum atomic E-state index is -1.97. The van der Waals surface area contributed by atoms with Gasteiger partial charge in [0.25, 0.3) is 5.97 Å². The van der Waals surface area contributed by atoms with E-state index in [-0.39, 0.29) is 156 Å². The second-order valence-corrected chi connectivity index (χ2v) is 48.1. The minimum absolute atomic E-state index is 0.0527. The van der Waals surface area contributed by atoms with Crippen molar-refractivity contribution < 1.29 is 120 Å². The number of Topliss-reactive ketones (excluding diaryl/α,β-unsaturated/α-hetero) is 6. The lowest BCUT2D eigenvalue weighted by Gasteiger charge is -2.37. The van der Waals surface area contributed by atoms with Crippen LogP contribution in [0.1, 0.15) is 168 Å². The Morgan fingerprint density at radius 3 is 0.964 bits per heavy atom. The monoisotopic (exact) mass is 1600 g/mol. The van der Waals surface area contributed by atoms with E-state index in [4.69, 9.17) is 57.1 Å². The maximum absolute atomic E-state index is 12.2. The predicted octanol–water partition coefficient (Wildman–Crippen LogP) is 7.58. The number of hydrogen-bond donors (Lipinski definition) is 5. The summed E-state index contributed by atoms with van der Waals surface area (Å²) >= 11 is 0. The van der Waals surface area contributed by atoms with Crippen LogP contribution in [0.2, 0.25) is 54.4 Å². The fourth-order valence-electron chi connectivity index (χ4n) is 11.4. The number of allylic oxidation sites excluding steroid dienone is 5. The summed E-state index contributed by atoms with van der Waals surface area (Å²) in [6.07, 6.45) is 2.23. The molecule has 614 valence electrons. The van der Waals surface area contributed by atoms with Gasteiger partial charge in [-0.2, -0.15) is 0 Å². The molecule has 0 aromatic carbocycles. The number of aliphatic hydroxyl groups is 4. The number of nitrogens with zero attached hydrogens (tertiary/aromatic N) is 5. The Kier molecular flexibility index (Phi) is 32.7. The van der Waals surface area contributed by atoms with Gasteiger partial charge in [-0.25, -0.2) is 0 Å². The zero-order valence-corrected chi connectivity index (χ0v) is 71.0. The van der Waals surface area contributed by atoms with E-state index in [1.165, 1.54) is 49.3 Å². The zero-order chi connectivity index (χ0) is 83.6. The number of ether oxygens (including phenoxy) is 5. The van der Waals surface area contributed by atoms with Crippen molar-refractivity contribution >= 4 is 95.2 Å². The number of amides is 5. The van der Waals surface area contributed by atoms with Crippen molar-refractivity contribution in [1.82, 2.24) is 24.5 Å². The van der Waals surface area contributed by atoms with Crippen molar-refractivity contribution in [1.29, 1.82) is 0 Å². The number of carboxylic acid groups (broad SMARTS) is 1. The van der Waals surface area contributed by atoms with E-state index in [2.05, 4.69) is 115 Å². The summed E-state index contributed by atoms with van der Waals surface area (Å²) in [5.41, 5.74) is 4.38. The molecule has 12 atom stereocenters. The maximum Gasteiger partial charge on any atom is 0.300 e. The van der Waals surface area contributed by atoms with Crippen LogP contribution >= 0.6 is 0 Å². The Hall–Kier alpha value is -6.81. The highest BCUT2D eigenvalue weighted by Gasteiger charge is 2.48. The molecule has 10 aliphatic rings. The fraction of sp³-hybridized carbons (Fsp3) is 0.662. The Morgan fingerprint density at radius 1 is 0.418 bits per heavy atom. The molecule has 33 heteroatoms. The molecule has 5 fully saturated rings. The third-order valence-electron chi connectivity index (χ3n) is 21.9. The van der Waals surface area contributed by atoms with Gasteiger partial charge in [0.05, 0.1) is 83.8 Å². The molecule has 10 aliphatic heterocycles. The van der Waals surface area contributed by atoms with Crippen molar-refractivity contribution in [2.45, 2.75) is 296 Å². The molecule has 0 radical (unpaired) electrons. The number of aliphatic hydroxyl groups excluding tert-OH is 4. The molecule has 0 aromatic heterocycles. The molecule has 0 unspecified atom stereocenters. The first-order chi connectivity index (χ1) is 50.5. The van der Waals surface area contributed by atoms with Crippen molar-refractivity contribution in [3.05, 3.63) is 83.2 Å². The lowest BCUT2D eigenvalue weighted by Crippen LogP contribution is -2.44. The predicted molar refractivity (Wildman–Crippen MR) is 410 cm³/mol. The summed E-state index contributed by atoms with van der Waals surface area (Å²) in [4.78, 5) is 145. The molecule has 30 nitrogen and oxygen atoms in total. The average Bonchev–Trinajstić information content (AvgIpc) is 1.67. The number of carbonyl (C=O) groups is 12. The SMILES string of the molecule is C=C1C[C@@H](N2C=C(C)C(=O)CC2=O)O[C@H]1CO.C=C1C[C@@H](N2C=C(C)C(=O)CC2=O)O[C@H]1CO[Si](C)(C)C(C)(C)C.CC(=O)O.CC1=CN([C@@H]2CC(=O)[C@H](CO[Si](C)(C)C(C)(C)C)O2)C(=O)CC1=O.CC1=CN([C@@H]2C[C@@H](O)[C@H](CO)O2)C(=O)CC1=O.CC1=CN([C@@H]2C[C@@H](O)[C@H](CO[Si](C)(C)C(C)(C)C)O2)C(=O)CC1=O.